The number of hydrogen-bond acceptors (Lipinski definition) is 11. The second-order valence-corrected chi connectivity index (χ2v) is 18.4. The summed E-state index contributed by atoms with van der Waals surface area (Å²) >= 11 is 0. The van der Waals surface area contributed by atoms with E-state index in [1.807, 2.05) is 30.3 Å². The predicted octanol–water partition coefficient (Wildman–Crippen LogP) is 10.6. The number of para-hydroxylation sites is 1. The molecule has 1 aliphatic rings. The lowest BCUT2D eigenvalue weighted by Crippen LogP contribution is -2.45. The van der Waals surface area contributed by atoms with E-state index in [2.05, 4.69) is 39.8 Å². The van der Waals surface area contributed by atoms with E-state index in [9.17, 15) is 14.3 Å². The summed E-state index contributed by atoms with van der Waals surface area (Å²) in [5.41, 5.74) is 4.99. The number of nitrogens with two attached hydrogens (primary N) is 1. The number of carbonyl (C=O) groups is 1. The van der Waals surface area contributed by atoms with Crippen molar-refractivity contribution >= 4 is 30.7 Å². The Bertz CT molecular complexity index is 2030. The van der Waals surface area contributed by atoms with Gasteiger partial charge in [-0.3, -0.25) is 13.9 Å². The van der Waals surface area contributed by atoms with Gasteiger partial charge in [-0.15, -0.1) is 6.42 Å². The lowest BCUT2D eigenvalue weighted by molar-refractivity contribution is -0.152. The van der Waals surface area contributed by atoms with E-state index in [-0.39, 0.29) is 41.7 Å². The number of esters is 1. The molecule has 5 rings (SSSR count). The van der Waals surface area contributed by atoms with E-state index in [1.54, 1.807) is 30.3 Å². The highest BCUT2D eigenvalue weighted by Crippen LogP contribution is 2.48. The van der Waals surface area contributed by atoms with Gasteiger partial charge < -0.3 is 24.8 Å². The fraction of sp³-hybridized carbons (Fsp3) is 0.583. The first-order valence-corrected chi connectivity index (χ1v) is 24.6. The number of aliphatic hydroxyl groups excluding tert-OH is 1. The number of anilines is 1. The number of aliphatic hydroxyl groups is 1. The maximum atomic E-state index is 15.1. The van der Waals surface area contributed by atoms with E-state index >= 15 is 4.57 Å². The number of ether oxygens (including phenoxy) is 2. The molecule has 1 unspecified atom stereocenters. The number of nitrogens with one attached hydrogen (secondary N) is 1. The summed E-state index contributed by atoms with van der Waals surface area (Å²) in [4.78, 5) is 26.0. The number of terminal acetylenes is 1. The van der Waals surface area contributed by atoms with Crippen LogP contribution in [0.4, 0.5) is 10.2 Å². The SMILES string of the molecule is C#C[C@]1(COP(=O)(N[C@@H](Cc2ccccc2)C(=O)OC(CCCCCCCCCC)CCCCCCCCCC)Oc2ccccc2)O[C@@H](n2cnc3c(N)nc(F)nc32)C[C@@H]1O. The van der Waals surface area contributed by atoms with Crippen LogP contribution in [0.2, 0.25) is 0 Å². The maximum absolute atomic E-state index is 15.1. The number of unbranched alkanes of at least 4 members (excludes halogenated alkanes) is 14. The van der Waals surface area contributed by atoms with Crippen LogP contribution in [0.5, 0.6) is 5.75 Å². The fourth-order valence-corrected chi connectivity index (χ4v) is 9.50. The monoisotopic (exact) mass is 890 g/mol. The van der Waals surface area contributed by atoms with Gasteiger partial charge in [0.05, 0.1) is 6.33 Å². The summed E-state index contributed by atoms with van der Waals surface area (Å²) in [6.07, 6.45) is 23.9. The molecule has 0 saturated carbocycles. The lowest BCUT2D eigenvalue weighted by Gasteiger charge is -2.30. The van der Waals surface area contributed by atoms with Crippen molar-refractivity contribution < 1.29 is 37.4 Å². The Hall–Kier alpha value is -4.38. The van der Waals surface area contributed by atoms with Crippen LogP contribution in [0.15, 0.2) is 67.0 Å². The molecule has 2 aromatic heterocycles. The van der Waals surface area contributed by atoms with Crippen molar-refractivity contribution in [1.82, 2.24) is 24.6 Å². The number of benzene rings is 2. The first-order chi connectivity index (χ1) is 30.6. The molecule has 13 nitrogen and oxygen atoms in total. The Kier molecular flexibility index (Phi) is 20.3. The Morgan fingerprint density at radius 1 is 0.937 bits per heavy atom. The second kappa shape index (κ2) is 25.8. The maximum Gasteiger partial charge on any atom is 0.459 e. The van der Waals surface area contributed by atoms with Gasteiger partial charge in [-0.2, -0.15) is 19.4 Å². The first-order valence-electron chi connectivity index (χ1n) is 23.1. The van der Waals surface area contributed by atoms with Gasteiger partial charge in [0, 0.05) is 6.42 Å². The zero-order valence-electron chi connectivity index (χ0n) is 37.2. The number of aromatic nitrogens is 4. The van der Waals surface area contributed by atoms with Gasteiger partial charge in [0.25, 0.3) is 0 Å². The summed E-state index contributed by atoms with van der Waals surface area (Å²) in [5.74, 6) is 1.95. The molecule has 5 atom stereocenters. The minimum atomic E-state index is -4.53. The van der Waals surface area contributed by atoms with E-state index in [0.717, 1.165) is 56.9 Å². The topological polar surface area (TPSA) is 173 Å². The van der Waals surface area contributed by atoms with Gasteiger partial charge in [-0.05, 0) is 49.8 Å². The van der Waals surface area contributed by atoms with Crippen LogP contribution < -0.4 is 15.3 Å². The summed E-state index contributed by atoms with van der Waals surface area (Å²) in [5, 5.41) is 14.3. The summed E-state index contributed by atoms with van der Waals surface area (Å²) in [7, 11) is -4.53. The number of imidazole rings is 1. The quantitative estimate of drug-likeness (QED) is 0.0149. The van der Waals surface area contributed by atoms with E-state index in [0.29, 0.717) is 0 Å². The molecule has 2 aromatic carbocycles. The molecule has 0 spiro atoms. The number of carbonyl (C=O) groups excluding carboxylic acids is 1. The number of halogens is 1. The molecule has 63 heavy (non-hydrogen) atoms. The third-order valence-corrected chi connectivity index (χ3v) is 13.2. The Balaban J connectivity index is 1.34. The number of hydrogen-bond donors (Lipinski definition) is 3. The number of rotatable bonds is 30. The number of nitrogens with zero attached hydrogens (tertiary/aromatic N) is 4. The summed E-state index contributed by atoms with van der Waals surface area (Å²) in [6.45, 7) is 3.82. The zero-order chi connectivity index (χ0) is 44.9. The van der Waals surface area contributed by atoms with Crippen LogP contribution >= 0.6 is 7.75 Å². The van der Waals surface area contributed by atoms with Crippen LogP contribution in [0.1, 0.15) is 148 Å². The van der Waals surface area contributed by atoms with E-state index < -0.39 is 50.4 Å². The van der Waals surface area contributed by atoms with Gasteiger partial charge in [-0.1, -0.05) is 158 Å². The van der Waals surface area contributed by atoms with Crippen molar-refractivity contribution in [3.8, 4) is 18.1 Å². The summed E-state index contributed by atoms with van der Waals surface area (Å²) in [6, 6.07) is 16.6. The van der Waals surface area contributed by atoms with Gasteiger partial charge in [-0.25, -0.2) is 9.55 Å². The van der Waals surface area contributed by atoms with Crippen LogP contribution in [-0.4, -0.2) is 61.1 Å². The molecule has 4 aromatic rings. The lowest BCUT2D eigenvalue weighted by atomic mass is 9.99. The number of nitrogen functional groups attached to an aromatic ring is 1. The first kappa shape index (κ1) is 49.6. The smallest absolute Gasteiger partial charge is 0.459 e. The summed E-state index contributed by atoms with van der Waals surface area (Å²) < 4.78 is 55.5. The van der Waals surface area contributed by atoms with Crippen molar-refractivity contribution in [2.75, 3.05) is 12.3 Å². The molecule has 1 aliphatic heterocycles. The molecule has 1 fully saturated rings. The highest BCUT2D eigenvalue weighted by atomic mass is 31.2. The standard InChI is InChI=1S/C48H68FN6O7P/c1-4-7-9-11-13-15-17-23-29-38(30-24-18-16-14-12-10-8-5-2)60-46(57)40(33-37-27-21-19-22-28-37)54-63(58,62-39-31-25-20-26-32-39)59-35-48(6-3)41(56)34-42(61-48)55-36-51-43-44(50)52-47(49)53-45(43)55/h3,19-22,25-28,31-32,36,38,40-42,56H,4-5,7-18,23-24,29-30,33-35H2,1-2H3,(H,54,58)(H2,50,52,53)/t40-,41-,42+,48+,63?/m0/s1. The van der Waals surface area contributed by atoms with Crippen molar-refractivity contribution in [3.05, 3.63) is 78.6 Å². The van der Waals surface area contributed by atoms with Crippen LogP contribution in [-0.2, 0) is 29.8 Å². The second-order valence-electron chi connectivity index (χ2n) is 16.7. The van der Waals surface area contributed by atoms with Gasteiger partial charge in [0.2, 0.25) is 0 Å². The highest BCUT2D eigenvalue weighted by Gasteiger charge is 2.50. The fourth-order valence-electron chi connectivity index (χ4n) is 7.98. The van der Waals surface area contributed by atoms with Crippen LogP contribution in [0.3, 0.4) is 0 Å². The Labute approximate surface area is 373 Å². The third-order valence-electron chi connectivity index (χ3n) is 11.6. The average molecular weight is 891 g/mol. The molecule has 1 saturated heterocycles. The third kappa shape index (κ3) is 15.4. The molecular formula is C48H68FN6O7P. The van der Waals surface area contributed by atoms with Crippen molar-refractivity contribution in [2.45, 2.75) is 172 Å². The molecule has 4 N–H and O–H groups in total. The van der Waals surface area contributed by atoms with Crippen LogP contribution in [0, 0.1) is 18.4 Å². The van der Waals surface area contributed by atoms with Crippen molar-refractivity contribution in [1.29, 1.82) is 0 Å². The molecule has 344 valence electrons. The van der Waals surface area contributed by atoms with Gasteiger partial charge >= 0.3 is 19.8 Å². The van der Waals surface area contributed by atoms with Crippen LogP contribution in [0.25, 0.3) is 11.2 Å². The molecular weight excluding hydrogens is 823 g/mol. The molecule has 0 radical (unpaired) electrons. The Morgan fingerprint density at radius 2 is 1.51 bits per heavy atom. The minimum Gasteiger partial charge on any atom is -0.461 e. The molecule has 0 aliphatic carbocycles. The molecule has 15 heteroatoms. The van der Waals surface area contributed by atoms with Crippen molar-refractivity contribution in [3.63, 3.8) is 0 Å². The molecule has 3 heterocycles. The van der Waals surface area contributed by atoms with Crippen molar-refractivity contribution in [2.24, 2.45) is 0 Å². The Morgan fingerprint density at radius 3 is 2.10 bits per heavy atom. The molecule has 0 amide bonds. The van der Waals surface area contributed by atoms with E-state index in [1.165, 1.54) is 75.1 Å². The number of fused-ring (bicyclic) bond motifs is 1. The van der Waals surface area contributed by atoms with Gasteiger partial charge in [0.1, 0.15) is 36.8 Å². The zero-order valence-corrected chi connectivity index (χ0v) is 38.1. The largest absolute Gasteiger partial charge is 0.461 e. The predicted molar refractivity (Wildman–Crippen MR) is 244 cm³/mol. The minimum absolute atomic E-state index is 0.0380. The van der Waals surface area contributed by atoms with E-state index in [4.69, 9.17) is 30.7 Å². The van der Waals surface area contributed by atoms with Gasteiger partial charge in [0.15, 0.2) is 22.6 Å². The average Bonchev–Trinajstić information content (AvgIpc) is 3.85. The normalized spacial score (nSPS) is 18.9. The molecule has 0 bridgehead atoms. The highest BCUT2D eigenvalue weighted by molar-refractivity contribution is 7.52.